The highest BCUT2D eigenvalue weighted by atomic mass is 16.5. The monoisotopic (exact) mass is 360 g/mol. The van der Waals surface area contributed by atoms with Gasteiger partial charge in [0.1, 0.15) is 0 Å². The molecule has 2 saturated heterocycles. The number of ether oxygens (including phenoxy) is 2. The van der Waals surface area contributed by atoms with E-state index in [1.807, 2.05) is 18.2 Å². The lowest BCUT2D eigenvalue weighted by atomic mass is 9.71. The van der Waals surface area contributed by atoms with E-state index in [9.17, 15) is 4.79 Å². The number of methoxy groups -OCH3 is 1. The third-order valence-corrected chi connectivity index (χ3v) is 5.99. The van der Waals surface area contributed by atoms with Gasteiger partial charge in [0.15, 0.2) is 11.5 Å². The molecule has 1 aromatic rings. The summed E-state index contributed by atoms with van der Waals surface area (Å²) >= 11 is 0. The minimum atomic E-state index is -0.210. The molecular formula is C21H32N2O3. The number of rotatable bonds is 9. The molecule has 0 saturated carbocycles. The molecule has 3 rings (SSSR count). The van der Waals surface area contributed by atoms with Crippen LogP contribution in [-0.4, -0.2) is 38.3 Å². The molecular weight excluding hydrogens is 328 g/mol. The lowest BCUT2D eigenvalue weighted by Gasteiger charge is -2.34. The minimum Gasteiger partial charge on any atom is -0.493 e. The largest absolute Gasteiger partial charge is 0.493 e. The van der Waals surface area contributed by atoms with Crippen molar-refractivity contribution in [1.82, 2.24) is 10.6 Å². The highest BCUT2D eigenvalue weighted by Gasteiger charge is 2.54. The number of amides is 1. The molecule has 5 heteroatoms. The number of carbonyl (C=O) groups is 1. The third kappa shape index (κ3) is 3.68. The maximum atomic E-state index is 12.9. The Bertz CT molecular complexity index is 634. The second-order valence-electron chi connectivity index (χ2n) is 7.55. The van der Waals surface area contributed by atoms with Gasteiger partial charge in [-0.25, -0.2) is 0 Å². The summed E-state index contributed by atoms with van der Waals surface area (Å²) in [6.45, 7) is 5.55. The van der Waals surface area contributed by atoms with Crippen LogP contribution in [-0.2, 0) is 11.2 Å². The zero-order valence-electron chi connectivity index (χ0n) is 16.3. The Morgan fingerprint density at radius 1 is 1.31 bits per heavy atom. The Balaban J connectivity index is 1.55. The minimum absolute atomic E-state index is 0.210. The Hall–Kier alpha value is -1.75. The summed E-state index contributed by atoms with van der Waals surface area (Å²) < 4.78 is 11.1. The van der Waals surface area contributed by atoms with E-state index in [0.29, 0.717) is 25.2 Å². The van der Waals surface area contributed by atoms with Crippen LogP contribution in [0.15, 0.2) is 18.2 Å². The van der Waals surface area contributed by atoms with Crippen LogP contribution in [0.5, 0.6) is 11.5 Å². The first-order valence-corrected chi connectivity index (χ1v) is 9.97. The van der Waals surface area contributed by atoms with Gasteiger partial charge in [0.25, 0.3) is 0 Å². The average Bonchev–Trinajstić information content (AvgIpc) is 3.28. The molecule has 2 N–H and O–H groups in total. The van der Waals surface area contributed by atoms with Crippen LogP contribution in [0.25, 0.3) is 0 Å². The van der Waals surface area contributed by atoms with Crippen molar-refractivity contribution in [2.45, 2.75) is 64.5 Å². The fraction of sp³-hybridized carbons (Fsp3) is 0.667. The summed E-state index contributed by atoms with van der Waals surface area (Å²) in [5.41, 5.74) is 0.931. The third-order valence-electron chi connectivity index (χ3n) is 5.99. The SMILES string of the molecule is CCCOc1ccc(CCNC(=O)[C@]2(CC)C[C@@H]3CC[C@H]2N3)cc1OC. The summed E-state index contributed by atoms with van der Waals surface area (Å²) in [7, 11) is 1.66. The molecule has 1 amide bonds. The van der Waals surface area contributed by atoms with E-state index in [0.717, 1.165) is 49.2 Å². The van der Waals surface area contributed by atoms with Gasteiger partial charge >= 0.3 is 0 Å². The van der Waals surface area contributed by atoms with E-state index in [-0.39, 0.29) is 11.3 Å². The maximum absolute atomic E-state index is 12.9. The Morgan fingerprint density at radius 2 is 2.15 bits per heavy atom. The fourth-order valence-corrected chi connectivity index (χ4v) is 4.50. The molecule has 0 aliphatic carbocycles. The average molecular weight is 360 g/mol. The Labute approximate surface area is 156 Å². The number of fused-ring (bicyclic) bond motifs is 2. The zero-order valence-corrected chi connectivity index (χ0v) is 16.3. The first kappa shape index (κ1) is 19.0. The van der Waals surface area contributed by atoms with Gasteiger partial charge in [-0.05, 0) is 56.2 Å². The van der Waals surface area contributed by atoms with Gasteiger partial charge in [0.2, 0.25) is 5.91 Å². The van der Waals surface area contributed by atoms with Crippen molar-refractivity contribution in [2.24, 2.45) is 5.41 Å². The van der Waals surface area contributed by atoms with Gasteiger partial charge in [0.05, 0.1) is 19.1 Å². The van der Waals surface area contributed by atoms with E-state index >= 15 is 0 Å². The number of benzene rings is 1. The molecule has 1 aromatic carbocycles. The lowest BCUT2D eigenvalue weighted by Crippen LogP contribution is -2.48. The van der Waals surface area contributed by atoms with Crippen LogP contribution in [0.2, 0.25) is 0 Å². The van der Waals surface area contributed by atoms with Gasteiger partial charge in [-0.15, -0.1) is 0 Å². The van der Waals surface area contributed by atoms with E-state index < -0.39 is 0 Å². The van der Waals surface area contributed by atoms with Gasteiger partial charge in [-0.2, -0.15) is 0 Å². The van der Waals surface area contributed by atoms with Crippen molar-refractivity contribution in [3.05, 3.63) is 23.8 Å². The second kappa shape index (κ2) is 8.30. The molecule has 3 atom stereocenters. The standard InChI is InChI=1S/C21H32N2O3/c1-4-12-26-17-8-6-15(13-18(17)25-3)10-11-22-20(24)21(5-2)14-16-7-9-19(21)23-16/h6,8,13,16,19,23H,4-5,7,9-12,14H2,1-3H3,(H,22,24)/t16-,19+,21+/m0/s1. The summed E-state index contributed by atoms with van der Waals surface area (Å²) in [5.74, 6) is 1.75. The molecule has 0 radical (unpaired) electrons. The molecule has 5 nitrogen and oxygen atoms in total. The first-order valence-electron chi connectivity index (χ1n) is 9.97. The summed E-state index contributed by atoms with van der Waals surface area (Å²) in [6, 6.07) is 6.90. The summed E-state index contributed by atoms with van der Waals surface area (Å²) in [5, 5.41) is 6.79. The van der Waals surface area contributed by atoms with Crippen LogP contribution >= 0.6 is 0 Å². The van der Waals surface area contributed by atoms with E-state index in [1.165, 1.54) is 6.42 Å². The molecule has 2 fully saturated rings. The molecule has 2 aliphatic heterocycles. The van der Waals surface area contributed by atoms with Crippen molar-refractivity contribution in [3.63, 3.8) is 0 Å². The van der Waals surface area contributed by atoms with Gasteiger partial charge in [0, 0.05) is 18.6 Å². The van der Waals surface area contributed by atoms with Gasteiger partial charge < -0.3 is 20.1 Å². The fourth-order valence-electron chi connectivity index (χ4n) is 4.50. The lowest BCUT2D eigenvalue weighted by molar-refractivity contribution is -0.132. The maximum Gasteiger partial charge on any atom is 0.227 e. The predicted octanol–water partition coefficient (Wildman–Crippen LogP) is 3.06. The summed E-state index contributed by atoms with van der Waals surface area (Å²) in [4.78, 5) is 12.9. The normalized spacial score (nSPS) is 26.7. The van der Waals surface area contributed by atoms with Crippen LogP contribution in [0.3, 0.4) is 0 Å². The highest BCUT2D eigenvalue weighted by Crippen LogP contribution is 2.45. The summed E-state index contributed by atoms with van der Waals surface area (Å²) in [6.07, 6.45) is 5.99. The first-order chi connectivity index (χ1) is 12.6. The van der Waals surface area contributed by atoms with Gasteiger partial charge in [-0.3, -0.25) is 4.79 Å². The van der Waals surface area contributed by atoms with Crippen LogP contribution < -0.4 is 20.1 Å². The zero-order chi connectivity index (χ0) is 18.6. The second-order valence-corrected chi connectivity index (χ2v) is 7.55. The topological polar surface area (TPSA) is 59.6 Å². The Kier molecular flexibility index (Phi) is 6.07. The predicted molar refractivity (Wildman–Crippen MR) is 103 cm³/mol. The van der Waals surface area contributed by atoms with Crippen LogP contribution in [0, 0.1) is 5.41 Å². The Morgan fingerprint density at radius 3 is 2.77 bits per heavy atom. The van der Waals surface area contributed by atoms with Crippen molar-refractivity contribution in [2.75, 3.05) is 20.3 Å². The number of carbonyl (C=O) groups excluding carboxylic acids is 1. The van der Waals surface area contributed by atoms with Crippen LogP contribution in [0.1, 0.15) is 51.5 Å². The number of nitrogens with one attached hydrogen (secondary N) is 2. The number of hydrogen-bond donors (Lipinski definition) is 2. The molecule has 2 aliphatic rings. The quantitative estimate of drug-likeness (QED) is 0.711. The molecule has 0 spiro atoms. The van der Waals surface area contributed by atoms with Crippen molar-refractivity contribution in [1.29, 1.82) is 0 Å². The van der Waals surface area contributed by atoms with Crippen LogP contribution in [0.4, 0.5) is 0 Å². The molecule has 0 aromatic heterocycles. The molecule has 2 heterocycles. The van der Waals surface area contributed by atoms with E-state index in [1.54, 1.807) is 7.11 Å². The number of hydrogen-bond acceptors (Lipinski definition) is 4. The van der Waals surface area contributed by atoms with E-state index in [2.05, 4.69) is 24.5 Å². The smallest absolute Gasteiger partial charge is 0.227 e. The molecule has 2 bridgehead atoms. The van der Waals surface area contributed by atoms with Crippen molar-refractivity contribution < 1.29 is 14.3 Å². The van der Waals surface area contributed by atoms with Crippen molar-refractivity contribution >= 4 is 5.91 Å². The van der Waals surface area contributed by atoms with Gasteiger partial charge in [-0.1, -0.05) is 19.9 Å². The molecule has 26 heavy (non-hydrogen) atoms. The molecule has 0 unspecified atom stereocenters. The highest BCUT2D eigenvalue weighted by molar-refractivity contribution is 5.84. The van der Waals surface area contributed by atoms with Crippen molar-refractivity contribution in [3.8, 4) is 11.5 Å². The molecule has 144 valence electrons. The van der Waals surface area contributed by atoms with E-state index in [4.69, 9.17) is 9.47 Å².